The van der Waals surface area contributed by atoms with Crippen molar-refractivity contribution >= 4 is 17.6 Å². The molecule has 23 heavy (non-hydrogen) atoms. The number of hydrogen-bond donors (Lipinski definition) is 1. The number of rotatable bonds is 4. The first-order chi connectivity index (χ1) is 11.2. The van der Waals surface area contributed by atoms with Gasteiger partial charge in [-0.25, -0.2) is 4.79 Å². The number of halogens is 1. The highest BCUT2D eigenvalue weighted by Crippen LogP contribution is 2.26. The second kappa shape index (κ2) is 7.17. The van der Waals surface area contributed by atoms with E-state index in [0.29, 0.717) is 12.1 Å². The van der Waals surface area contributed by atoms with Crippen LogP contribution in [0.25, 0.3) is 0 Å². The van der Waals surface area contributed by atoms with Crippen molar-refractivity contribution < 1.29 is 13.9 Å². The molecule has 5 nitrogen and oxygen atoms in total. The van der Waals surface area contributed by atoms with Crippen LogP contribution in [0, 0.1) is 0 Å². The number of furan rings is 1. The first-order valence-corrected chi connectivity index (χ1v) is 7.91. The first kappa shape index (κ1) is 16.1. The van der Waals surface area contributed by atoms with Crippen LogP contribution in [0.15, 0.2) is 41.0 Å². The van der Waals surface area contributed by atoms with Crippen molar-refractivity contribution in [2.45, 2.75) is 12.6 Å². The van der Waals surface area contributed by atoms with Gasteiger partial charge in [-0.05, 0) is 23.8 Å². The molecule has 3 rings (SSSR count). The molecule has 1 N–H and O–H groups in total. The molecule has 1 aromatic carbocycles. The molecule has 0 bridgehead atoms. The highest BCUT2D eigenvalue weighted by atomic mass is 35.5. The predicted molar refractivity (Wildman–Crippen MR) is 87.5 cm³/mol. The summed E-state index contributed by atoms with van der Waals surface area (Å²) < 4.78 is 10.2. The fourth-order valence-electron chi connectivity index (χ4n) is 2.87. The van der Waals surface area contributed by atoms with Gasteiger partial charge in [-0.1, -0.05) is 23.7 Å². The van der Waals surface area contributed by atoms with E-state index >= 15 is 0 Å². The lowest BCUT2D eigenvalue weighted by Gasteiger charge is -2.36. The van der Waals surface area contributed by atoms with Gasteiger partial charge in [-0.3, -0.25) is 4.90 Å². The molecule has 0 radical (unpaired) electrons. The van der Waals surface area contributed by atoms with Crippen LogP contribution >= 0.6 is 11.6 Å². The molecule has 122 valence electrons. The SMILES string of the molecule is COC(=O)c1coc(CN2CCNCC2c2cccc(Cl)c2)c1. The van der Waals surface area contributed by atoms with Gasteiger partial charge in [0.15, 0.2) is 0 Å². The van der Waals surface area contributed by atoms with Gasteiger partial charge in [-0.15, -0.1) is 0 Å². The quantitative estimate of drug-likeness (QED) is 0.871. The molecule has 1 aromatic heterocycles. The molecule has 1 aliphatic heterocycles. The zero-order valence-electron chi connectivity index (χ0n) is 12.9. The third kappa shape index (κ3) is 3.75. The van der Waals surface area contributed by atoms with Gasteiger partial charge in [0.05, 0.1) is 19.2 Å². The Balaban J connectivity index is 1.76. The number of nitrogens with one attached hydrogen (secondary N) is 1. The summed E-state index contributed by atoms with van der Waals surface area (Å²) in [5, 5.41) is 4.15. The van der Waals surface area contributed by atoms with E-state index in [2.05, 4.69) is 16.3 Å². The van der Waals surface area contributed by atoms with Gasteiger partial charge in [-0.2, -0.15) is 0 Å². The minimum absolute atomic E-state index is 0.217. The van der Waals surface area contributed by atoms with Crippen molar-refractivity contribution in [3.63, 3.8) is 0 Å². The zero-order valence-corrected chi connectivity index (χ0v) is 13.7. The molecule has 2 aromatic rings. The van der Waals surface area contributed by atoms with E-state index in [-0.39, 0.29) is 12.0 Å². The van der Waals surface area contributed by atoms with Crippen molar-refractivity contribution in [1.29, 1.82) is 0 Å². The van der Waals surface area contributed by atoms with Crippen LogP contribution in [0.4, 0.5) is 0 Å². The largest absolute Gasteiger partial charge is 0.467 e. The highest BCUT2D eigenvalue weighted by Gasteiger charge is 2.25. The maximum atomic E-state index is 11.5. The van der Waals surface area contributed by atoms with Gasteiger partial charge in [0, 0.05) is 30.7 Å². The van der Waals surface area contributed by atoms with Crippen LogP contribution in [-0.4, -0.2) is 37.6 Å². The Labute approximate surface area is 140 Å². The van der Waals surface area contributed by atoms with Crippen molar-refractivity contribution in [3.8, 4) is 0 Å². The van der Waals surface area contributed by atoms with E-state index in [1.165, 1.54) is 18.9 Å². The second-order valence-corrected chi connectivity index (χ2v) is 5.98. The summed E-state index contributed by atoms with van der Waals surface area (Å²) in [6.07, 6.45) is 1.44. The summed E-state index contributed by atoms with van der Waals surface area (Å²) in [6.45, 7) is 3.30. The van der Waals surface area contributed by atoms with E-state index in [1.807, 2.05) is 18.2 Å². The van der Waals surface area contributed by atoms with E-state index in [9.17, 15) is 4.79 Å². The lowest BCUT2D eigenvalue weighted by Crippen LogP contribution is -2.45. The second-order valence-electron chi connectivity index (χ2n) is 5.54. The molecule has 2 heterocycles. The molecule has 1 unspecified atom stereocenters. The van der Waals surface area contributed by atoms with Crippen molar-refractivity contribution in [3.05, 3.63) is 58.5 Å². The van der Waals surface area contributed by atoms with Crippen LogP contribution in [0.1, 0.15) is 27.7 Å². The van der Waals surface area contributed by atoms with E-state index < -0.39 is 0 Å². The number of carbonyl (C=O) groups is 1. The fraction of sp³-hybridized carbons (Fsp3) is 0.353. The molecule has 1 atom stereocenters. The molecular formula is C17H19ClN2O3. The molecule has 0 spiro atoms. The van der Waals surface area contributed by atoms with Gasteiger partial charge in [0.25, 0.3) is 0 Å². The van der Waals surface area contributed by atoms with Crippen LogP contribution in [-0.2, 0) is 11.3 Å². The average molecular weight is 335 g/mol. The van der Waals surface area contributed by atoms with Gasteiger partial charge >= 0.3 is 5.97 Å². The Morgan fingerprint density at radius 2 is 2.35 bits per heavy atom. The summed E-state index contributed by atoms with van der Waals surface area (Å²) in [5.74, 6) is 0.367. The summed E-state index contributed by atoms with van der Waals surface area (Å²) >= 11 is 6.12. The summed E-state index contributed by atoms with van der Waals surface area (Å²) in [7, 11) is 1.36. The van der Waals surface area contributed by atoms with Crippen LogP contribution in [0.3, 0.4) is 0 Å². The number of benzene rings is 1. The van der Waals surface area contributed by atoms with Crippen LogP contribution in [0.5, 0.6) is 0 Å². The monoisotopic (exact) mass is 334 g/mol. The third-order valence-corrected chi connectivity index (χ3v) is 4.26. The fourth-order valence-corrected chi connectivity index (χ4v) is 3.07. The number of methoxy groups -OCH3 is 1. The third-order valence-electron chi connectivity index (χ3n) is 4.02. The molecular weight excluding hydrogens is 316 g/mol. The minimum Gasteiger partial charge on any atom is -0.467 e. The number of hydrogen-bond acceptors (Lipinski definition) is 5. The molecule has 1 aliphatic rings. The Hall–Kier alpha value is -1.82. The smallest absolute Gasteiger partial charge is 0.341 e. The van der Waals surface area contributed by atoms with Crippen molar-refractivity contribution in [1.82, 2.24) is 10.2 Å². The Bertz CT molecular complexity index is 686. The first-order valence-electron chi connectivity index (χ1n) is 7.53. The van der Waals surface area contributed by atoms with Gasteiger partial charge < -0.3 is 14.5 Å². The number of piperazine rings is 1. The summed E-state index contributed by atoms with van der Waals surface area (Å²) in [6, 6.07) is 9.87. The van der Waals surface area contributed by atoms with Crippen LogP contribution in [0.2, 0.25) is 5.02 Å². The molecule has 0 aliphatic carbocycles. The zero-order chi connectivity index (χ0) is 16.2. The lowest BCUT2D eigenvalue weighted by atomic mass is 10.0. The number of ether oxygens (including phenoxy) is 1. The van der Waals surface area contributed by atoms with E-state index in [1.54, 1.807) is 6.07 Å². The number of carbonyl (C=O) groups excluding carboxylic acids is 1. The van der Waals surface area contributed by atoms with Crippen molar-refractivity contribution in [2.24, 2.45) is 0 Å². The molecule has 6 heteroatoms. The molecule has 1 fully saturated rings. The summed E-state index contributed by atoms with van der Waals surface area (Å²) in [4.78, 5) is 13.8. The minimum atomic E-state index is -0.383. The van der Waals surface area contributed by atoms with Crippen molar-refractivity contribution in [2.75, 3.05) is 26.7 Å². The van der Waals surface area contributed by atoms with E-state index in [4.69, 9.17) is 20.8 Å². The molecule has 0 amide bonds. The highest BCUT2D eigenvalue weighted by molar-refractivity contribution is 6.30. The standard InChI is InChI=1S/C17H19ClN2O3/c1-22-17(21)13-8-15(23-11-13)10-20-6-5-19-9-16(20)12-3-2-4-14(18)7-12/h2-4,7-8,11,16,19H,5-6,9-10H2,1H3. The maximum Gasteiger partial charge on any atom is 0.341 e. The Kier molecular flexibility index (Phi) is 5.00. The van der Waals surface area contributed by atoms with Gasteiger partial charge in [0.1, 0.15) is 12.0 Å². The predicted octanol–water partition coefficient (Wildman–Crippen LogP) is 2.87. The summed E-state index contributed by atoms with van der Waals surface area (Å²) in [5.41, 5.74) is 1.61. The normalized spacial score (nSPS) is 18.8. The molecule has 0 saturated carbocycles. The van der Waals surface area contributed by atoms with E-state index in [0.717, 1.165) is 30.4 Å². The molecule has 1 saturated heterocycles. The maximum absolute atomic E-state index is 11.5. The average Bonchev–Trinajstić information content (AvgIpc) is 3.03. The number of esters is 1. The Morgan fingerprint density at radius 1 is 1.48 bits per heavy atom. The van der Waals surface area contributed by atoms with Gasteiger partial charge in [0.2, 0.25) is 0 Å². The number of nitrogens with zero attached hydrogens (tertiary/aromatic N) is 1. The Morgan fingerprint density at radius 3 is 3.13 bits per heavy atom. The topological polar surface area (TPSA) is 54.7 Å². The van der Waals surface area contributed by atoms with Crippen LogP contribution < -0.4 is 5.32 Å². The lowest BCUT2D eigenvalue weighted by molar-refractivity contribution is 0.0600.